The molecule has 0 aliphatic rings. The van der Waals surface area contributed by atoms with Crippen molar-refractivity contribution in [1.29, 1.82) is 0 Å². The zero-order chi connectivity index (χ0) is 11.6. The van der Waals surface area contributed by atoms with E-state index in [2.05, 4.69) is 10.3 Å². The van der Waals surface area contributed by atoms with Crippen molar-refractivity contribution in [2.75, 3.05) is 0 Å². The van der Waals surface area contributed by atoms with Gasteiger partial charge in [0.05, 0.1) is 5.01 Å². The summed E-state index contributed by atoms with van der Waals surface area (Å²) in [4.78, 5) is 26.3. The highest BCUT2D eigenvalue weighted by atomic mass is 32.1. The van der Waals surface area contributed by atoms with Crippen molar-refractivity contribution < 1.29 is 14.7 Å². The average molecular weight is 228 g/mol. The lowest BCUT2D eigenvalue weighted by molar-refractivity contribution is -0.143. The molecule has 0 radical (unpaired) electrons. The molecule has 0 aromatic carbocycles. The molecule has 0 aliphatic heterocycles. The fourth-order valence-electron chi connectivity index (χ4n) is 0.869. The second-order valence-electron chi connectivity index (χ2n) is 3.64. The van der Waals surface area contributed by atoms with Gasteiger partial charge in [0.2, 0.25) is 0 Å². The van der Waals surface area contributed by atoms with E-state index in [0.717, 1.165) is 5.01 Å². The van der Waals surface area contributed by atoms with Crippen LogP contribution in [0.4, 0.5) is 0 Å². The van der Waals surface area contributed by atoms with E-state index in [1.54, 1.807) is 12.3 Å². The Kier molecular flexibility index (Phi) is 3.09. The lowest BCUT2D eigenvalue weighted by Gasteiger charge is -2.20. The number of aryl methyl sites for hydroxylation is 1. The van der Waals surface area contributed by atoms with Gasteiger partial charge in [-0.1, -0.05) is 0 Å². The number of carboxylic acid groups (broad SMARTS) is 1. The SMILES string of the molecule is Cc1nc(C(=O)NC(C)(C)C(=O)O)cs1. The van der Waals surface area contributed by atoms with E-state index in [0.29, 0.717) is 0 Å². The molecule has 0 bridgehead atoms. The van der Waals surface area contributed by atoms with Gasteiger partial charge in [0.1, 0.15) is 11.2 Å². The van der Waals surface area contributed by atoms with Gasteiger partial charge in [-0.05, 0) is 20.8 Å². The maximum atomic E-state index is 11.5. The van der Waals surface area contributed by atoms with Crippen molar-refractivity contribution in [3.8, 4) is 0 Å². The lowest BCUT2D eigenvalue weighted by Crippen LogP contribution is -2.49. The van der Waals surface area contributed by atoms with E-state index < -0.39 is 17.4 Å². The Morgan fingerprint density at radius 3 is 2.53 bits per heavy atom. The molecule has 5 nitrogen and oxygen atoms in total. The number of carboxylic acids is 1. The summed E-state index contributed by atoms with van der Waals surface area (Å²) >= 11 is 1.35. The molecule has 6 heteroatoms. The molecule has 1 aromatic heterocycles. The monoisotopic (exact) mass is 228 g/mol. The summed E-state index contributed by atoms with van der Waals surface area (Å²) in [5.41, 5.74) is -1.03. The fraction of sp³-hybridized carbons (Fsp3) is 0.444. The van der Waals surface area contributed by atoms with E-state index in [1.807, 2.05) is 0 Å². The van der Waals surface area contributed by atoms with E-state index in [9.17, 15) is 9.59 Å². The third-order valence-corrected chi connectivity index (χ3v) is 2.59. The minimum absolute atomic E-state index is 0.256. The Hall–Kier alpha value is -1.43. The van der Waals surface area contributed by atoms with Crippen molar-refractivity contribution >= 4 is 23.2 Å². The molecule has 82 valence electrons. The topological polar surface area (TPSA) is 79.3 Å². The van der Waals surface area contributed by atoms with Crippen molar-refractivity contribution in [3.05, 3.63) is 16.1 Å². The van der Waals surface area contributed by atoms with Gasteiger partial charge in [0.15, 0.2) is 0 Å². The highest BCUT2D eigenvalue weighted by Crippen LogP contribution is 2.10. The summed E-state index contributed by atoms with van der Waals surface area (Å²) in [5, 5.41) is 13.6. The Balaban J connectivity index is 2.76. The molecule has 15 heavy (non-hydrogen) atoms. The molecule has 1 aromatic rings. The molecule has 1 heterocycles. The molecule has 1 amide bonds. The van der Waals surface area contributed by atoms with Crippen molar-refractivity contribution in [1.82, 2.24) is 10.3 Å². The molecule has 0 aliphatic carbocycles. The van der Waals surface area contributed by atoms with Gasteiger partial charge in [0, 0.05) is 5.38 Å². The summed E-state index contributed by atoms with van der Waals surface area (Å²) in [6.45, 7) is 4.63. The van der Waals surface area contributed by atoms with Crippen LogP contribution in [0.25, 0.3) is 0 Å². The number of aromatic nitrogens is 1. The maximum Gasteiger partial charge on any atom is 0.328 e. The van der Waals surface area contributed by atoms with Gasteiger partial charge in [-0.15, -0.1) is 11.3 Å². The van der Waals surface area contributed by atoms with Crippen LogP contribution in [0.1, 0.15) is 29.3 Å². The van der Waals surface area contributed by atoms with Gasteiger partial charge >= 0.3 is 5.97 Å². The first-order valence-corrected chi connectivity index (χ1v) is 5.19. The summed E-state index contributed by atoms with van der Waals surface area (Å²) in [5.74, 6) is -1.55. The molecular weight excluding hydrogens is 216 g/mol. The second kappa shape index (κ2) is 3.98. The Morgan fingerprint density at radius 1 is 1.53 bits per heavy atom. The Morgan fingerprint density at radius 2 is 2.13 bits per heavy atom. The summed E-state index contributed by atoms with van der Waals surface area (Å²) in [6.07, 6.45) is 0. The maximum absolute atomic E-state index is 11.5. The largest absolute Gasteiger partial charge is 0.480 e. The normalized spacial score (nSPS) is 11.1. The van der Waals surface area contributed by atoms with Gasteiger partial charge in [0.25, 0.3) is 5.91 Å². The van der Waals surface area contributed by atoms with E-state index in [4.69, 9.17) is 5.11 Å². The minimum Gasteiger partial charge on any atom is -0.480 e. The van der Waals surface area contributed by atoms with Crippen LogP contribution in [0.5, 0.6) is 0 Å². The number of hydrogen-bond acceptors (Lipinski definition) is 4. The summed E-state index contributed by atoms with van der Waals surface area (Å²) in [7, 11) is 0. The van der Waals surface area contributed by atoms with Gasteiger partial charge in [-0.25, -0.2) is 9.78 Å². The summed E-state index contributed by atoms with van der Waals surface area (Å²) in [6, 6.07) is 0. The Labute approximate surface area is 91.1 Å². The number of aliphatic carboxylic acids is 1. The van der Waals surface area contributed by atoms with Crippen LogP contribution in [0.3, 0.4) is 0 Å². The first-order chi connectivity index (χ1) is 6.83. The first-order valence-electron chi connectivity index (χ1n) is 4.31. The molecule has 1 rings (SSSR count). The van der Waals surface area contributed by atoms with Crippen molar-refractivity contribution in [2.45, 2.75) is 26.3 Å². The second-order valence-corrected chi connectivity index (χ2v) is 4.70. The molecule has 0 spiro atoms. The van der Waals surface area contributed by atoms with Gasteiger partial charge in [-0.2, -0.15) is 0 Å². The van der Waals surface area contributed by atoms with Gasteiger partial charge in [-0.3, -0.25) is 4.79 Å². The van der Waals surface area contributed by atoms with E-state index in [1.165, 1.54) is 25.2 Å². The third kappa shape index (κ3) is 2.76. The molecule has 0 saturated heterocycles. The highest BCUT2D eigenvalue weighted by molar-refractivity contribution is 7.09. The van der Waals surface area contributed by atoms with Crippen molar-refractivity contribution in [2.24, 2.45) is 0 Å². The predicted molar refractivity (Wildman–Crippen MR) is 56.0 cm³/mol. The number of hydrogen-bond donors (Lipinski definition) is 2. The highest BCUT2D eigenvalue weighted by Gasteiger charge is 2.29. The lowest BCUT2D eigenvalue weighted by atomic mass is 10.1. The van der Waals surface area contributed by atoms with Crippen LogP contribution in [0.15, 0.2) is 5.38 Å². The van der Waals surface area contributed by atoms with Crippen molar-refractivity contribution in [3.63, 3.8) is 0 Å². The Bertz CT molecular complexity index is 398. The van der Waals surface area contributed by atoms with Crippen LogP contribution in [0, 0.1) is 6.92 Å². The molecule has 0 fully saturated rings. The standard InChI is InChI=1S/C9H12N2O3S/c1-5-10-6(4-15-5)7(12)11-9(2,3)8(13)14/h4H,1-3H3,(H,11,12)(H,13,14). The van der Waals surface area contributed by atoms with Gasteiger partial charge < -0.3 is 10.4 Å². The number of nitrogens with zero attached hydrogens (tertiary/aromatic N) is 1. The zero-order valence-electron chi connectivity index (χ0n) is 8.70. The number of carbonyl (C=O) groups excluding carboxylic acids is 1. The number of amides is 1. The van der Waals surface area contributed by atoms with Crippen LogP contribution in [-0.2, 0) is 4.79 Å². The first kappa shape index (κ1) is 11.6. The molecule has 0 unspecified atom stereocenters. The van der Waals surface area contributed by atoms with Crippen LogP contribution in [-0.4, -0.2) is 27.5 Å². The number of thiazole rings is 1. The third-order valence-electron chi connectivity index (χ3n) is 1.81. The quantitative estimate of drug-likeness (QED) is 0.810. The molecule has 0 saturated carbocycles. The number of rotatable bonds is 3. The minimum atomic E-state index is -1.28. The van der Waals surface area contributed by atoms with E-state index in [-0.39, 0.29) is 5.69 Å². The summed E-state index contributed by atoms with van der Waals surface area (Å²) < 4.78 is 0. The number of carbonyl (C=O) groups is 2. The van der Waals surface area contributed by atoms with Crippen LogP contribution in [0.2, 0.25) is 0 Å². The predicted octanol–water partition coefficient (Wildman–Crippen LogP) is 1.04. The molecular formula is C9H12N2O3S. The average Bonchev–Trinajstić information content (AvgIpc) is 2.50. The van der Waals surface area contributed by atoms with Crippen LogP contribution < -0.4 is 5.32 Å². The molecule has 2 N–H and O–H groups in total. The number of nitrogens with one attached hydrogen (secondary N) is 1. The fourth-order valence-corrected chi connectivity index (χ4v) is 1.46. The smallest absolute Gasteiger partial charge is 0.328 e. The zero-order valence-corrected chi connectivity index (χ0v) is 9.51. The van der Waals surface area contributed by atoms with E-state index >= 15 is 0 Å². The molecule has 0 atom stereocenters. The van der Waals surface area contributed by atoms with Crippen LogP contribution >= 0.6 is 11.3 Å².